The van der Waals surface area contributed by atoms with Gasteiger partial charge in [-0.2, -0.15) is 0 Å². The largest absolute Gasteiger partial charge is 0.453 e. The lowest BCUT2D eigenvalue weighted by Gasteiger charge is -2.33. The first-order chi connectivity index (χ1) is 11.9. The van der Waals surface area contributed by atoms with Gasteiger partial charge in [0.05, 0.1) is 18.1 Å². The molecule has 0 aliphatic carbocycles. The first-order valence-corrected chi connectivity index (χ1v) is 8.51. The highest BCUT2D eigenvalue weighted by Crippen LogP contribution is 2.22. The molecule has 0 saturated carbocycles. The number of amides is 2. The second-order valence-electron chi connectivity index (χ2n) is 6.64. The maximum Gasteiger partial charge on any atom is 0.409 e. The summed E-state index contributed by atoms with van der Waals surface area (Å²) in [5.41, 5.74) is 2.49. The minimum Gasteiger partial charge on any atom is -0.453 e. The van der Waals surface area contributed by atoms with E-state index in [1.54, 1.807) is 9.80 Å². The Morgan fingerprint density at radius 3 is 2.36 bits per heavy atom. The van der Waals surface area contributed by atoms with Crippen molar-refractivity contribution < 1.29 is 14.3 Å². The van der Waals surface area contributed by atoms with Crippen LogP contribution in [0.4, 0.5) is 4.79 Å². The van der Waals surface area contributed by atoms with Gasteiger partial charge in [-0.15, -0.1) is 0 Å². The Morgan fingerprint density at radius 2 is 1.76 bits per heavy atom. The van der Waals surface area contributed by atoms with Gasteiger partial charge in [0.2, 0.25) is 0 Å². The van der Waals surface area contributed by atoms with Gasteiger partial charge < -0.3 is 19.1 Å². The molecule has 1 saturated heterocycles. The third kappa shape index (κ3) is 3.18. The van der Waals surface area contributed by atoms with Crippen molar-refractivity contribution in [1.29, 1.82) is 0 Å². The highest BCUT2D eigenvalue weighted by molar-refractivity contribution is 5.97. The summed E-state index contributed by atoms with van der Waals surface area (Å²) in [7, 11) is 3.37. The van der Waals surface area contributed by atoms with Crippen LogP contribution in [0.15, 0.2) is 18.2 Å². The van der Waals surface area contributed by atoms with Crippen LogP contribution in [0.3, 0.4) is 0 Å². The summed E-state index contributed by atoms with van der Waals surface area (Å²) in [6.45, 7) is 6.20. The lowest BCUT2D eigenvalue weighted by atomic mass is 10.1. The van der Waals surface area contributed by atoms with Crippen molar-refractivity contribution in [2.75, 3.05) is 33.3 Å². The number of imidazole rings is 1. The number of hydrogen-bond acceptors (Lipinski definition) is 4. The molecule has 1 fully saturated rings. The second kappa shape index (κ2) is 6.74. The Labute approximate surface area is 147 Å². The van der Waals surface area contributed by atoms with Gasteiger partial charge in [0, 0.05) is 44.7 Å². The van der Waals surface area contributed by atoms with E-state index in [1.807, 2.05) is 25.2 Å². The Morgan fingerprint density at radius 1 is 1.12 bits per heavy atom. The summed E-state index contributed by atoms with van der Waals surface area (Å²) < 4.78 is 6.80. The highest BCUT2D eigenvalue weighted by atomic mass is 16.5. The Balaban J connectivity index is 1.78. The van der Waals surface area contributed by atoms with Crippen LogP contribution in [0.1, 0.15) is 35.9 Å². The molecule has 0 spiro atoms. The molecule has 25 heavy (non-hydrogen) atoms. The smallest absolute Gasteiger partial charge is 0.409 e. The van der Waals surface area contributed by atoms with E-state index >= 15 is 0 Å². The van der Waals surface area contributed by atoms with Crippen molar-refractivity contribution in [2.45, 2.75) is 19.8 Å². The predicted molar refractivity (Wildman–Crippen MR) is 94.7 cm³/mol. The molecule has 0 radical (unpaired) electrons. The van der Waals surface area contributed by atoms with Gasteiger partial charge in [0.15, 0.2) is 0 Å². The van der Waals surface area contributed by atoms with E-state index in [0.717, 1.165) is 16.9 Å². The minimum absolute atomic E-state index is 0.0248. The molecule has 3 rings (SSSR count). The SMILES string of the molecule is COC(=O)N1CCN(C(=O)c2ccc3c(c2)nc(C(C)C)n3C)CC1. The number of benzene rings is 1. The van der Waals surface area contributed by atoms with Crippen LogP contribution < -0.4 is 0 Å². The van der Waals surface area contributed by atoms with Crippen molar-refractivity contribution in [3.63, 3.8) is 0 Å². The van der Waals surface area contributed by atoms with E-state index in [-0.39, 0.29) is 12.0 Å². The topological polar surface area (TPSA) is 67.7 Å². The number of fused-ring (bicyclic) bond motifs is 1. The number of carbonyl (C=O) groups is 2. The number of rotatable bonds is 2. The van der Waals surface area contributed by atoms with Crippen LogP contribution in [0.2, 0.25) is 0 Å². The lowest BCUT2D eigenvalue weighted by molar-refractivity contribution is 0.0600. The maximum absolute atomic E-state index is 12.8. The Hall–Kier alpha value is -2.57. The van der Waals surface area contributed by atoms with Crippen molar-refractivity contribution >= 4 is 23.0 Å². The predicted octanol–water partition coefficient (Wildman–Crippen LogP) is 2.22. The van der Waals surface area contributed by atoms with E-state index in [0.29, 0.717) is 37.7 Å². The molecule has 2 amide bonds. The van der Waals surface area contributed by atoms with Crippen LogP contribution in [0, 0.1) is 0 Å². The Bertz CT molecular complexity index is 804. The van der Waals surface area contributed by atoms with Gasteiger partial charge in [-0.25, -0.2) is 9.78 Å². The number of methoxy groups -OCH3 is 1. The van der Waals surface area contributed by atoms with E-state index in [1.165, 1.54) is 7.11 Å². The van der Waals surface area contributed by atoms with Crippen LogP contribution in [-0.2, 0) is 11.8 Å². The Kier molecular flexibility index (Phi) is 4.65. The average Bonchev–Trinajstić information content (AvgIpc) is 2.97. The number of carbonyl (C=O) groups excluding carboxylic acids is 2. The van der Waals surface area contributed by atoms with Gasteiger partial charge in [-0.3, -0.25) is 4.79 Å². The number of nitrogens with zero attached hydrogens (tertiary/aromatic N) is 4. The molecule has 0 unspecified atom stereocenters. The van der Waals surface area contributed by atoms with Crippen LogP contribution in [-0.4, -0.2) is 64.6 Å². The number of aromatic nitrogens is 2. The third-order valence-electron chi connectivity index (χ3n) is 4.68. The van der Waals surface area contributed by atoms with Crippen molar-refractivity contribution in [2.24, 2.45) is 7.05 Å². The zero-order valence-corrected chi connectivity index (χ0v) is 15.2. The van der Waals surface area contributed by atoms with Crippen molar-refractivity contribution in [1.82, 2.24) is 19.4 Å². The lowest BCUT2D eigenvalue weighted by Crippen LogP contribution is -2.50. The molecule has 0 bridgehead atoms. The van der Waals surface area contributed by atoms with Crippen molar-refractivity contribution in [3.05, 3.63) is 29.6 Å². The minimum atomic E-state index is -0.344. The molecule has 1 aromatic carbocycles. The molecular formula is C18H24N4O3. The van der Waals surface area contributed by atoms with Gasteiger partial charge in [-0.1, -0.05) is 13.8 Å². The molecule has 7 heteroatoms. The molecular weight excluding hydrogens is 320 g/mol. The molecule has 1 aliphatic heterocycles. The molecule has 0 atom stereocenters. The molecule has 1 aromatic heterocycles. The molecule has 2 aromatic rings. The van der Waals surface area contributed by atoms with Gasteiger partial charge in [-0.05, 0) is 18.2 Å². The van der Waals surface area contributed by atoms with E-state index in [4.69, 9.17) is 4.74 Å². The first kappa shape index (κ1) is 17.3. The summed E-state index contributed by atoms with van der Waals surface area (Å²) in [5.74, 6) is 1.30. The molecule has 1 aliphatic rings. The molecule has 2 heterocycles. The van der Waals surface area contributed by atoms with Crippen LogP contribution in [0.5, 0.6) is 0 Å². The van der Waals surface area contributed by atoms with Gasteiger partial charge >= 0.3 is 6.09 Å². The zero-order valence-electron chi connectivity index (χ0n) is 15.2. The molecule has 0 N–H and O–H groups in total. The number of piperazine rings is 1. The number of hydrogen-bond donors (Lipinski definition) is 0. The standard InChI is InChI=1S/C18H24N4O3/c1-12(2)16-19-14-11-13(5-6-15(14)20(16)3)17(23)21-7-9-22(10-8-21)18(24)25-4/h5-6,11-12H,7-10H2,1-4H3. The summed E-state index contributed by atoms with van der Waals surface area (Å²) in [4.78, 5) is 32.4. The zero-order chi connectivity index (χ0) is 18.1. The normalized spacial score (nSPS) is 15.1. The van der Waals surface area contributed by atoms with Gasteiger partial charge in [0.25, 0.3) is 5.91 Å². The molecule has 7 nitrogen and oxygen atoms in total. The fourth-order valence-corrected chi connectivity index (χ4v) is 3.27. The third-order valence-corrected chi connectivity index (χ3v) is 4.68. The van der Waals surface area contributed by atoms with Crippen LogP contribution in [0.25, 0.3) is 11.0 Å². The monoisotopic (exact) mass is 344 g/mol. The van der Waals surface area contributed by atoms with E-state index in [9.17, 15) is 9.59 Å². The average molecular weight is 344 g/mol. The summed E-state index contributed by atoms with van der Waals surface area (Å²) in [6, 6.07) is 5.66. The maximum atomic E-state index is 12.8. The molecule has 134 valence electrons. The van der Waals surface area contributed by atoms with Crippen LogP contribution >= 0.6 is 0 Å². The summed E-state index contributed by atoms with van der Waals surface area (Å²) in [5, 5.41) is 0. The summed E-state index contributed by atoms with van der Waals surface area (Å²) in [6.07, 6.45) is -0.344. The van der Waals surface area contributed by atoms with E-state index in [2.05, 4.69) is 23.4 Å². The fraction of sp³-hybridized carbons (Fsp3) is 0.500. The highest BCUT2D eigenvalue weighted by Gasteiger charge is 2.25. The quantitative estimate of drug-likeness (QED) is 0.838. The first-order valence-electron chi connectivity index (χ1n) is 8.51. The van der Waals surface area contributed by atoms with Gasteiger partial charge in [0.1, 0.15) is 5.82 Å². The number of aryl methyl sites for hydroxylation is 1. The summed E-state index contributed by atoms with van der Waals surface area (Å²) >= 11 is 0. The van der Waals surface area contributed by atoms with Crippen molar-refractivity contribution in [3.8, 4) is 0 Å². The number of ether oxygens (including phenoxy) is 1. The second-order valence-corrected chi connectivity index (χ2v) is 6.64. The fourth-order valence-electron chi connectivity index (χ4n) is 3.27. The van der Waals surface area contributed by atoms with E-state index < -0.39 is 0 Å².